The lowest BCUT2D eigenvalue weighted by molar-refractivity contribution is -0.161. The fourth-order valence-electron chi connectivity index (χ4n) is 13.0. The Hall–Kier alpha value is -1.94. The average Bonchev–Trinajstić information content (AvgIpc) is 0.920. The van der Waals surface area contributed by atoms with Crippen molar-refractivity contribution in [2.75, 3.05) is 39.6 Å². The molecule has 0 spiro atoms. The van der Waals surface area contributed by atoms with Crippen molar-refractivity contribution in [1.29, 1.82) is 0 Å². The minimum Gasteiger partial charge on any atom is -0.462 e. The summed E-state index contributed by atoms with van der Waals surface area (Å²) < 4.78 is 68.9. The maximum atomic E-state index is 13.1. The molecule has 0 bridgehead atoms. The predicted molar refractivity (Wildman–Crippen MR) is 423 cm³/mol. The third kappa shape index (κ3) is 76.6. The average molecular weight is 1510 g/mol. The van der Waals surface area contributed by atoms with Crippen LogP contribution in [0.15, 0.2) is 0 Å². The molecule has 103 heavy (non-hydrogen) atoms. The third-order valence-electron chi connectivity index (χ3n) is 20.0. The van der Waals surface area contributed by atoms with Crippen LogP contribution in [-0.2, 0) is 65.4 Å². The molecule has 0 aliphatic carbocycles. The van der Waals surface area contributed by atoms with E-state index in [4.69, 9.17) is 37.0 Å². The standard InChI is InChI=1S/C84H164O17P2/c1-8-10-11-12-13-14-15-16-17-18-19-20-21-26-32-37-46-53-60-67-83(88)100-79(71-94-81(86)65-58-51-44-36-31-25-23-22-24-29-34-41-48-55-62-75(3)4)73-98-102(90,91)96-69-78(85)70-97-103(92,93)99-74-80(72-95-82(87)66-59-52-45-40-39-43-50-57-64-77(7)9-2)101-84(89)68-61-54-47-38-33-28-27-30-35-42-49-56-63-76(5)6/h75-80,85H,8-74H2,1-7H3,(H,90,91)(H,92,93)/t77?,78-,79-,80-/m1/s1. The van der Waals surface area contributed by atoms with E-state index in [0.29, 0.717) is 25.7 Å². The first-order chi connectivity index (χ1) is 49.8. The van der Waals surface area contributed by atoms with Crippen LogP contribution < -0.4 is 0 Å². The van der Waals surface area contributed by atoms with Gasteiger partial charge in [-0.25, -0.2) is 9.13 Å². The highest BCUT2D eigenvalue weighted by molar-refractivity contribution is 7.47. The van der Waals surface area contributed by atoms with Crippen LogP contribution in [0.5, 0.6) is 0 Å². The highest BCUT2D eigenvalue weighted by Gasteiger charge is 2.30. The van der Waals surface area contributed by atoms with Crippen molar-refractivity contribution in [3.8, 4) is 0 Å². The van der Waals surface area contributed by atoms with Gasteiger partial charge in [-0.2, -0.15) is 0 Å². The molecular formula is C84H164O17P2. The molecule has 0 aliphatic rings. The minimum absolute atomic E-state index is 0.106. The van der Waals surface area contributed by atoms with Gasteiger partial charge in [-0.15, -0.1) is 0 Å². The number of phosphoric acid groups is 2. The highest BCUT2D eigenvalue weighted by atomic mass is 31.2. The van der Waals surface area contributed by atoms with Crippen LogP contribution in [0, 0.1) is 17.8 Å². The van der Waals surface area contributed by atoms with Gasteiger partial charge in [0, 0.05) is 25.7 Å². The Morgan fingerprint density at radius 1 is 0.282 bits per heavy atom. The quantitative estimate of drug-likeness (QED) is 0.0222. The first-order valence-corrected chi connectivity index (χ1v) is 46.4. The van der Waals surface area contributed by atoms with Crippen LogP contribution in [-0.4, -0.2) is 96.7 Å². The summed E-state index contributed by atoms with van der Waals surface area (Å²) in [5.41, 5.74) is 0. The molecule has 0 rings (SSSR count). The molecule has 0 saturated carbocycles. The van der Waals surface area contributed by atoms with Gasteiger partial charge in [-0.05, 0) is 43.4 Å². The van der Waals surface area contributed by atoms with Crippen molar-refractivity contribution >= 4 is 39.5 Å². The van der Waals surface area contributed by atoms with Crippen molar-refractivity contribution in [3.05, 3.63) is 0 Å². The largest absolute Gasteiger partial charge is 0.472 e. The Kier molecular flexibility index (Phi) is 72.8. The van der Waals surface area contributed by atoms with E-state index in [1.807, 2.05) is 0 Å². The van der Waals surface area contributed by atoms with Crippen LogP contribution in [0.3, 0.4) is 0 Å². The third-order valence-corrected chi connectivity index (χ3v) is 21.9. The molecule has 0 aromatic rings. The number of aliphatic hydroxyl groups excluding tert-OH is 1. The van der Waals surface area contributed by atoms with Gasteiger partial charge >= 0.3 is 39.5 Å². The Bertz CT molecular complexity index is 1990. The lowest BCUT2D eigenvalue weighted by Crippen LogP contribution is -2.30. The number of carbonyl (C=O) groups excluding carboxylic acids is 4. The molecule has 0 aromatic carbocycles. The molecule has 0 saturated heterocycles. The normalized spacial score (nSPS) is 14.2. The van der Waals surface area contributed by atoms with E-state index < -0.39 is 97.5 Å². The molecule has 0 fully saturated rings. The number of esters is 4. The number of ether oxygens (including phenoxy) is 4. The van der Waals surface area contributed by atoms with Gasteiger partial charge in [0.2, 0.25) is 0 Å². The van der Waals surface area contributed by atoms with Crippen molar-refractivity contribution in [2.45, 2.75) is 458 Å². The zero-order valence-electron chi connectivity index (χ0n) is 67.8. The van der Waals surface area contributed by atoms with Gasteiger partial charge in [-0.3, -0.25) is 37.3 Å². The number of unbranched alkanes of at least 4 members (excludes halogenated alkanes) is 49. The van der Waals surface area contributed by atoms with Gasteiger partial charge in [0.25, 0.3) is 0 Å². The smallest absolute Gasteiger partial charge is 0.462 e. The van der Waals surface area contributed by atoms with Gasteiger partial charge in [0.05, 0.1) is 26.4 Å². The Balaban J connectivity index is 5.27. The van der Waals surface area contributed by atoms with Crippen LogP contribution >= 0.6 is 15.6 Å². The first kappa shape index (κ1) is 101. The van der Waals surface area contributed by atoms with Crippen LogP contribution in [0.1, 0.15) is 440 Å². The summed E-state index contributed by atoms with van der Waals surface area (Å²) in [6, 6.07) is 0. The summed E-state index contributed by atoms with van der Waals surface area (Å²) in [5.74, 6) is 0.247. The number of hydrogen-bond donors (Lipinski definition) is 3. The maximum Gasteiger partial charge on any atom is 0.472 e. The zero-order valence-corrected chi connectivity index (χ0v) is 69.6. The molecule has 0 amide bonds. The van der Waals surface area contributed by atoms with E-state index >= 15 is 0 Å². The van der Waals surface area contributed by atoms with Crippen LogP contribution in [0.2, 0.25) is 0 Å². The Labute approximate surface area is 632 Å². The van der Waals surface area contributed by atoms with Crippen LogP contribution in [0.25, 0.3) is 0 Å². The lowest BCUT2D eigenvalue weighted by atomic mass is 9.99. The summed E-state index contributed by atoms with van der Waals surface area (Å²) in [6.45, 7) is 12.0. The molecule has 17 nitrogen and oxygen atoms in total. The van der Waals surface area contributed by atoms with E-state index in [2.05, 4.69) is 48.5 Å². The number of rotatable bonds is 82. The molecule has 0 aliphatic heterocycles. The number of phosphoric ester groups is 2. The molecular weight excluding hydrogens is 1340 g/mol. The van der Waals surface area contributed by atoms with Crippen molar-refractivity contribution in [3.63, 3.8) is 0 Å². The van der Waals surface area contributed by atoms with E-state index in [0.717, 1.165) is 108 Å². The van der Waals surface area contributed by atoms with Gasteiger partial charge in [-0.1, -0.05) is 389 Å². The summed E-state index contributed by atoms with van der Waals surface area (Å²) in [4.78, 5) is 73.2. The summed E-state index contributed by atoms with van der Waals surface area (Å²) in [7, 11) is -9.93. The van der Waals surface area contributed by atoms with Gasteiger partial charge < -0.3 is 33.8 Å². The fraction of sp³-hybridized carbons (Fsp3) is 0.952. The molecule has 612 valence electrons. The number of aliphatic hydroxyl groups is 1. The topological polar surface area (TPSA) is 237 Å². The summed E-state index contributed by atoms with van der Waals surface area (Å²) in [5, 5.41) is 10.7. The second kappa shape index (κ2) is 74.2. The van der Waals surface area contributed by atoms with Crippen molar-refractivity contribution in [1.82, 2.24) is 0 Å². The van der Waals surface area contributed by atoms with E-state index in [1.165, 1.54) is 250 Å². The first-order valence-electron chi connectivity index (χ1n) is 43.4. The van der Waals surface area contributed by atoms with Crippen LogP contribution in [0.4, 0.5) is 0 Å². The second-order valence-corrected chi connectivity index (χ2v) is 34.3. The molecule has 19 heteroatoms. The number of hydrogen-bond acceptors (Lipinski definition) is 15. The summed E-state index contributed by atoms with van der Waals surface area (Å²) >= 11 is 0. The maximum absolute atomic E-state index is 13.1. The lowest BCUT2D eigenvalue weighted by Gasteiger charge is -2.21. The van der Waals surface area contributed by atoms with Crippen molar-refractivity contribution in [2.24, 2.45) is 17.8 Å². The molecule has 3 unspecified atom stereocenters. The van der Waals surface area contributed by atoms with E-state index in [9.17, 15) is 43.2 Å². The van der Waals surface area contributed by atoms with Gasteiger partial charge in [0.15, 0.2) is 12.2 Å². The fourth-order valence-corrected chi connectivity index (χ4v) is 14.6. The zero-order chi connectivity index (χ0) is 75.8. The molecule has 3 N–H and O–H groups in total. The van der Waals surface area contributed by atoms with Gasteiger partial charge in [0.1, 0.15) is 19.3 Å². The Morgan fingerprint density at radius 3 is 0.738 bits per heavy atom. The molecule has 0 heterocycles. The monoisotopic (exact) mass is 1510 g/mol. The molecule has 0 radical (unpaired) electrons. The number of carbonyl (C=O) groups is 4. The predicted octanol–water partition coefficient (Wildman–Crippen LogP) is 25.3. The second-order valence-electron chi connectivity index (χ2n) is 31.4. The molecule has 6 atom stereocenters. The van der Waals surface area contributed by atoms with Crippen molar-refractivity contribution < 1.29 is 80.2 Å². The highest BCUT2D eigenvalue weighted by Crippen LogP contribution is 2.45. The molecule has 0 aromatic heterocycles. The van der Waals surface area contributed by atoms with E-state index in [-0.39, 0.29) is 25.7 Å². The Morgan fingerprint density at radius 2 is 0.495 bits per heavy atom. The van der Waals surface area contributed by atoms with E-state index in [1.54, 1.807) is 0 Å². The summed E-state index contributed by atoms with van der Waals surface area (Å²) in [6.07, 6.45) is 63.7. The minimum atomic E-state index is -4.97. The SMILES string of the molecule is CCCCCCCCCCCCCCCCCCCCCC(=O)O[C@H](COC(=O)CCCCCCCCCCCCCCCCC(C)C)COP(=O)(O)OC[C@@H](O)COP(=O)(O)OC[C@@H](COC(=O)CCCCCCCCCCC(C)CC)OC(=O)CCCCCCCCCCCCCCC(C)C.